The lowest BCUT2D eigenvalue weighted by atomic mass is 10.2. The van der Waals surface area contributed by atoms with Crippen LogP contribution in [-0.4, -0.2) is 29.9 Å². The summed E-state index contributed by atoms with van der Waals surface area (Å²) >= 11 is 1.46. The molecular weight excluding hydrogens is 374 g/mol. The van der Waals surface area contributed by atoms with E-state index < -0.39 is 0 Å². The van der Waals surface area contributed by atoms with Gasteiger partial charge in [-0.05, 0) is 24.6 Å². The Hall–Kier alpha value is -2.93. The van der Waals surface area contributed by atoms with Crippen LogP contribution in [0, 0.1) is 0 Å². The van der Waals surface area contributed by atoms with Crippen molar-refractivity contribution in [2.45, 2.75) is 19.9 Å². The normalized spacial score (nSPS) is 15.0. The Morgan fingerprint density at radius 2 is 1.89 bits per heavy atom. The third kappa shape index (κ3) is 5.29. The standard InChI is InChI=1S/C21H23N3O3S/c1-3-27-20(25)13-17-15-28-21(22-18-11-7-8-12-19(18)26-2)24(23-17)14-16-9-5-4-6-10-16/h4-12,15,23H,3,13-14H2,1-2H3. The monoisotopic (exact) mass is 397 g/mol. The number of carbonyl (C=O) groups is 1. The van der Waals surface area contributed by atoms with Gasteiger partial charge in [-0.3, -0.25) is 15.2 Å². The minimum atomic E-state index is -0.258. The molecule has 0 atom stereocenters. The van der Waals surface area contributed by atoms with Crippen LogP contribution in [0.5, 0.6) is 5.75 Å². The van der Waals surface area contributed by atoms with E-state index >= 15 is 0 Å². The van der Waals surface area contributed by atoms with Gasteiger partial charge in [0.1, 0.15) is 11.4 Å². The van der Waals surface area contributed by atoms with Gasteiger partial charge < -0.3 is 9.47 Å². The zero-order valence-electron chi connectivity index (χ0n) is 15.9. The summed E-state index contributed by atoms with van der Waals surface area (Å²) in [6, 6.07) is 17.7. The molecule has 28 heavy (non-hydrogen) atoms. The second kappa shape index (κ2) is 9.85. The van der Waals surface area contributed by atoms with Crippen LogP contribution in [0.15, 0.2) is 70.7 Å². The first kappa shape index (κ1) is 19.8. The number of hydrogen-bond acceptors (Lipinski definition) is 6. The molecule has 0 aromatic heterocycles. The Bertz CT molecular complexity index is 868. The molecule has 1 aliphatic rings. The van der Waals surface area contributed by atoms with Crippen LogP contribution in [0.1, 0.15) is 18.9 Å². The number of thioether (sulfide) groups is 1. The second-order valence-corrected chi connectivity index (χ2v) is 6.83. The maximum Gasteiger partial charge on any atom is 0.311 e. The highest BCUT2D eigenvalue weighted by molar-refractivity contribution is 8.16. The van der Waals surface area contributed by atoms with Crippen LogP contribution in [0.4, 0.5) is 5.69 Å². The first-order valence-corrected chi connectivity index (χ1v) is 9.88. The highest BCUT2D eigenvalue weighted by Gasteiger charge is 2.21. The summed E-state index contributed by atoms with van der Waals surface area (Å²) in [5, 5.41) is 4.59. The molecule has 1 N–H and O–H groups in total. The smallest absolute Gasteiger partial charge is 0.311 e. The van der Waals surface area contributed by atoms with E-state index in [4.69, 9.17) is 14.5 Å². The Labute approximate surface area is 169 Å². The molecule has 0 aliphatic carbocycles. The summed E-state index contributed by atoms with van der Waals surface area (Å²) in [7, 11) is 1.63. The fourth-order valence-electron chi connectivity index (χ4n) is 2.67. The number of hydrazine groups is 1. The van der Waals surface area contributed by atoms with Crippen molar-refractivity contribution in [3.63, 3.8) is 0 Å². The predicted molar refractivity (Wildman–Crippen MR) is 112 cm³/mol. The molecule has 0 spiro atoms. The molecule has 1 aliphatic heterocycles. The van der Waals surface area contributed by atoms with Gasteiger partial charge in [0.15, 0.2) is 5.17 Å². The second-order valence-electron chi connectivity index (χ2n) is 5.99. The van der Waals surface area contributed by atoms with Gasteiger partial charge in [0.2, 0.25) is 0 Å². The lowest BCUT2D eigenvalue weighted by Crippen LogP contribution is -2.42. The number of methoxy groups -OCH3 is 1. The average Bonchev–Trinajstić information content (AvgIpc) is 2.71. The molecule has 0 radical (unpaired) electrons. The third-order valence-corrected chi connectivity index (χ3v) is 4.87. The number of ether oxygens (including phenoxy) is 2. The Morgan fingerprint density at radius 1 is 1.14 bits per heavy atom. The summed E-state index contributed by atoms with van der Waals surface area (Å²) in [6.07, 6.45) is 0.189. The van der Waals surface area contributed by atoms with Crippen LogP contribution in [0.2, 0.25) is 0 Å². The lowest BCUT2D eigenvalue weighted by Gasteiger charge is -2.31. The maximum absolute atomic E-state index is 11.9. The van der Waals surface area contributed by atoms with Crippen LogP contribution in [-0.2, 0) is 16.1 Å². The first-order chi connectivity index (χ1) is 13.7. The van der Waals surface area contributed by atoms with Crippen LogP contribution in [0.25, 0.3) is 0 Å². The molecule has 0 saturated heterocycles. The van der Waals surface area contributed by atoms with E-state index in [0.717, 1.165) is 22.1 Å². The Morgan fingerprint density at radius 3 is 2.64 bits per heavy atom. The summed E-state index contributed by atoms with van der Waals surface area (Å²) in [5.41, 5.74) is 5.95. The van der Waals surface area contributed by atoms with E-state index in [1.54, 1.807) is 14.0 Å². The van der Waals surface area contributed by atoms with Crippen molar-refractivity contribution in [1.82, 2.24) is 10.4 Å². The molecule has 7 heteroatoms. The lowest BCUT2D eigenvalue weighted by molar-refractivity contribution is -0.142. The van der Waals surface area contributed by atoms with E-state index in [1.165, 1.54) is 11.8 Å². The molecule has 0 bridgehead atoms. The van der Waals surface area contributed by atoms with E-state index in [0.29, 0.717) is 18.9 Å². The number of nitrogens with zero attached hydrogens (tertiary/aromatic N) is 2. The minimum absolute atomic E-state index is 0.189. The number of nitrogens with one attached hydrogen (secondary N) is 1. The Kier molecular flexibility index (Phi) is 6.97. The minimum Gasteiger partial charge on any atom is -0.494 e. The van der Waals surface area contributed by atoms with Gasteiger partial charge in [-0.2, -0.15) is 0 Å². The van der Waals surface area contributed by atoms with Crippen molar-refractivity contribution in [3.8, 4) is 5.75 Å². The molecule has 3 rings (SSSR count). The van der Waals surface area contributed by atoms with Crippen molar-refractivity contribution >= 4 is 28.6 Å². The van der Waals surface area contributed by atoms with Gasteiger partial charge in [0.05, 0.1) is 26.7 Å². The van der Waals surface area contributed by atoms with Gasteiger partial charge in [-0.1, -0.05) is 54.2 Å². The molecule has 146 valence electrons. The zero-order valence-corrected chi connectivity index (χ0v) is 16.7. The van der Waals surface area contributed by atoms with Crippen LogP contribution >= 0.6 is 11.8 Å². The van der Waals surface area contributed by atoms with E-state index in [1.807, 2.05) is 52.9 Å². The number of para-hydroxylation sites is 2. The molecule has 0 fully saturated rings. The topological polar surface area (TPSA) is 63.2 Å². The fourth-order valence-corrected chi connectivity index (χ4v) is 3.44. The largest absolute Gasteiger partial charge is 0.494 e. The van der Waals surface area contributed by atoms with Gasteiger partial charge in [0.25, 0.3) is 0 Å². The molecule has 0 saturated carbocycles. The SMILES string of the molecule is CCOC(=O)CC1=CSC(=Nc2ccccc2OC)N(Cc2ccccc2)N1. The van der Waals surface area contributed by atoms with Crippen molar-refractivity contribution in [2.75, 3.05) is 13.7 Å². The number of benzene rings is 2. The number of esters is 1. The van der Waals surface area contributed by atoms with Gasteiger partial charge in [-0.25, -0.2) is 4.99 Å². The van der Waals surface area contributed by atoms with Gasteiger partial charge >= 0.3 is 5.97 Å². The van der Waals surface area contributed by atoms with Crippen molar-refractivity contribution in [1.29, 1.82) is 0 Å². The highest BCUT2D eigenvalue weighted by atomic mass is 32.2. The third-order valence-electron chi connectivity index (χ3n) is 3.94. The number of aliphatic imine (C=N–C) groups is 1. The van der Waals surface area contributed by atoms with Crippen molar-refractivity contribution in [3.05, 3.63) is 71.3 Å². The molecule has 6 nitrogen and oxygen atoms in total. The summed E-state index contributed by atoms with van der Waals surface area (Å²) in [5.74, 6) is 0.447. The zero-order chi connectivity index (χ0) is 19.8. The first-order valence-electron chi connectivity index (χ1n) is 9.00. The summed E-state index contributed by atoms with van der Waals surface area (Å²) < 4.78 is 10.5. The van der Waals surface area contributed by atoms with Gasteiger partial charge in [-0.15, -0.1) is 0 Å². The summed E-state index contributed by atoms with van der Waals surface area (Å²) in [4.78, 5) is 16.6. The molecular formula is C21H23N3O3S. The van der Waals surface area contributed by atoms with Crippen LogP contribution < -0.4 is 10.2 Å². The maximum atomic E-state index is 11.9. The number of rotatable bonds is 7. The summed E-state index contributed by atoms with van der Waals surface area (Å²) in [6.45, 7) is 2.77. The average molecular weight is 398 g/mol. The molecule has 2 aromatic rings. The molecule has 1 heterocycles. The van der Waals surface area contributed by atoms with Gasteiger partial charge in [0, 0.05) is 11.1 Å². The van der Waals surface area contributed by atoms with E-state index in [2.05, 4.69) is 17.6 Å². The number of carbonyl (C=O) groups excluding carboxylic acids is 1. The molecule has 0 amide bonds. The quantitative estimate of drug-likeness (QED) is 0.706. The van der Waals surface area contributed by atoms with Crippen molar-refractivity contribution < 1.29 is 14.3 Å². The van der Waals surface area contributed by atoms with E-state index in [-0.39, 0.29) is 12.4 Å². The highest BCUT2D eigenvalue weighted by Crippen LogP contribution is 2.30. The van der Waals surface area contributed by atoms with E-state index in [9.17, 15) is 4.79 Å². The van der Waals surface area contributed by atoms with Crippen LogP contribution in [0.3, 0.4) is 0 Å². The Balaban J connectivity index is 1.86. The molecule has 2 aromatic carbocycles. The van der Waals surface area contributed by atoms with Crippen molar-refractivity contribution in [2.24, 2.45) is 4.99 Å². The predicted octanol–water partition coefficient (Wildman–Crippen LogP) is 4.23. The number of amidine groups is 1. The molecule has 0 unspecified atom stereocenters. The fraction of sp³-hybridized carbons (Fsp3) is 0.238. The number of hydrogen-bond donors (Lipinski definition) is 1.